The number of hydrogen-bond donors (Lipinski definition) is 8. The van der Waals surface area contributed by atoms with Crippen LogP contribution in [0.2, 0.25) is 0 Å². The molecule has 0 unspecified atom stereocenters. The van der Waals surface area contributed by atoms with Gasteiger partial charge in [-0.2, -0.15) is 10.2 Å². The van der Waals surface area contributed by atoms with E-state index in [0.29, 0.717) is 114 Å². The number of phosphoric ester groups is 2. The van der Waals surface area contributed by atoms with E-state index in [2.05, 4.69) is 77.9 Å². The Labute approximate surface area is 520 Å². The standard InChI is InChI=1S/C34H47FN7O6P.C26H31FN7O6P/c1-8-42(16-18-46-49(44,47-33(2,3)4)48-34(5,6)7)15-10-17-45-27-13-14-28-29(22-27)36-23-37-32(28)39-30-20-26(40-41-30)21-31(43)38-25-12-9-11-24(35)19-25;1-2-34(10-12-40-41(36,37)38)9-4-11-39-21-7-8-22-23(16-21)28-17-29-26(22)31-24-14-20(32-33-24)15-25(35)30-19-6-3-5-18(27)13-19/h9,11-14,19-20,22-23H,8,10,15-18,21H2,1-7H3,(H,38,43)(H2,36,37,39,40,41);3,5-8,13-14,16-17H,2,4,9-12,15H2,1H3,(H,30,35)(H2,36,37,38)(H2,28,29,31,32,33). The molecular formula is C60H78F2N14O12P2. The minimum absolute atomic E-state index is 0.0214. The fraction of sp³-hybridized carbons (Fsp3) is 0.400. The molecule has 0 aliphatic rings. The summed E-state index contributed by atoms with van der Waals surface area (Å²) in [6, 6.07) is 25.8. The lowest BCUT2D eigenvalue weighted by Crippen LogP contribution is -2.30. The van der Waals surface area contributed by atoms with Crippen molar-refractivity contribution in [1.82, 2.24) is 50.1 Å². The Morgan fingerprint density at radius 2 is 1.00 bits per heavy atom. The molecule has 4 heterocycles. The molecule has 0 aliphatic heterocycles. The molecule has 8 aromatic rings. The molecule has 30 heteroatoms. The maximum atomic E-state index is 13.4. The van der Waals surface area contributed by atoms with Crippen LogP contribution < -0.4 is 30.7 Å². The zero-order valence-corrected chi connectivity index (χ0v) is 53.3. The lowest BCUT2D eigenvalue weighted by atomic mass is 10.2. The molecule has 2 amide bonds. The summed E-state index contributed by atoms with van der Waals surface area (Å²) < 4.78 is 84.4. The first-order valence-electron chi connectivity index (χ1n) is 29.1. The van der Waals surface area contributed by atoms with Gasteiger partial charge in [-0.3, -0.25) is 37.9 Å². The second-order valence-electron chi connectivity index (χ2n) is 22.4. The summed E-state index contributed by atoms with van der Waals surface area (Å²) >= 11 is 0. The quantitative estimate of drug-likeness (QED) is 0.0143. The number of phosphoric acid groups is 2. The third kappa shape index (κ3) is 24.1. The Morgan fingerprint density at radius 1 is 0.567 bits per heavy atom. The van der Waals surface area contributed by atoms with E-state index in [4.69, 9.17) is 32.8 Å². The van der Waals surface area contributed by atoms with E-state index >= 15 is 0 Å². The summed E-state index contributed by atoms with van der Waals surface area (Å²) in [6.07, 6.45) is 4.40. The van der Waals surface area contributed by atoms with E-state index in [-0.39, 0.29) is 37.9 Å². The fourth-order valence-corrected chi connectivity index (χ4v) is 10.9. The number of rotatable bonds is 32. The maximum absolute atomic E-state index is 13.4. The molecule has 0 fully saturated rings. The minimum atomic E-state index is -4.46. The van der Waals surface area contributed by atoms with Gasteiger partial charge in [-0.05, 0) is 128 Å². The fourth-order valence-electron chi connectivity index (χ4n) is 8.74. The number of aromatic amines is 2. The van der Waals surface area contributed by atoms with Crippen LogP contribution >= 0.6 is 15.6 Å². The van der Waals surface area contributed by atoms with Crippen molar-refractivity contribution >= 4 is 83.9 Å². The summed E-state index contributed by atoms with van der Waals surface area (Å²) in [5.74, 6) is 1.84. The van der Waals surface area contributed by atoms with Gasteiger partial charge in [0.15, 0.2) is 11.6 Å². The molecule has 0 spiro atoms. The summed E-state index contributed by atoms with van der Waals surface area (Å²) in [6.45, 7) is 19.9. The first kappa shape index (κ1) is 69.6. The normalized spacial score (nSPS) is 12.1. The van der Waals surface area contributed by atoms with Crippen molar-refractivity contribution in [3.8, 4) is 11.5 Å². The second kappa shape index (κ2) is 32.7. The first-order chi connectivity index (χ1) is 42.8. The highest BCUT2D eigenvalue weighted by Gasteiger charge is 2.37. The third-order valence-corrected chi connectivity index (χ3v) is 15.2. The Hall–Kier alpha value is -7.88. The van der Waals surface area contributed by atoms with E-state index in [1.807, 2.05) is 83.7 Å². The highest BCUT2D eigenvalue weighted by atomic mass is 31.2. The Balaban J connectivity index is 0.000000260. The topological polar surface area (TPSA) is 328 Å². The number of amides is 2. The van der Waals surface area contributed by atoms with E-state index in [0.717, 1.165) is 30.3 Å². The third-order valence-electron chi connectivity index (χ3n) is 12.7. The van der Waals surface area contributed by atoms with Gasteiger partial charge >= 0.3 is 15.6 Å². The number of nitrogens with one attached hydrogen (secondary N) is 6. The molecule has 0 radical (unpaired) electrons. The summed E-state index contributed by atoms with van der Waals surface area (Å²) in [5.41, 5.74) is 1.86. The van der Waals surface area contributed by atoms with Crippen molar-refractivity contribution in [1.29, 1.82) is 0 Å². The molecule has 0 saturated heterocycles. The smallest absolute Gasteiger partial charge is 0.475 e. The summed E-state index contributed by atoms with van der Waals surface area (Å²) in [7, 11) is -8.22. The number of hydrogen-bond acceptors (Lipinski definition) is 20. The van der Waals surface area contributed by atoms with Crippen LogP contribution in [0.5, 0.6) is 11.5 Å². The number of ether oxygens (including phenoxy) is 2. The Morgan fingerprint density at radius 3 is 1.40 bits per heavy atom. The molecule has 8 rings (SSSR count). The van der Waals surface area contributed by atoms with Crippen LogP contribution in [0.1, 0.15) is 79.6 Å². The van der Waals surface area contributed by atoms with Crippen molar-refractivity contribution in [2.45, 2.75) is 92.3 Å². The summed E-state index contributed by atoms with van der Waals surface area (Å²) in [4.78, 5) is 63.9. The molecule has 4 aromatic carbocycles. The number of anilines is 6. The molecule has 0 saturated carbocycles. The maximum Gasteiger partial charge on any atom is 0.475 e. The zero-order valence-electron chi connectivity index (χ0n) is 51.5. The molecule has 4 aromatic heterocycles. The lowest BCUT2D eigenvalue weighted by Gasteiger charge is -2.31. The van der Waals surface area contributed by atoms with Gasteiger partial charge in [-0.1, -0.05) is 26.0 Å². The number of H-pyrrole nitrogens is 2. The molecule has 8 N–H and O–H groups in total. The predicted molar refractivity (Wildman–Crippen MR) is 338 cm³/mol. The van der Waals surface area contributed by atoms with Crippen molar-refractivity contribution in [3.63, 3.8) is 0 Å². The average molecular weight is 1290 g/mol. The van der Waals surface area contributed by atoms with Crippen LogP contribution in [0.15, 0.2) is 110 Å². The SMILES string of the molecule is CCN(CCCOc1ccc2c(Nc3cc(CC(=O)Nc4cccc(F)c4)[nH]n3)ncnc2c1)CCOP(=O)(O)O.CCN(CCCOc1ccc2c(Nc3cc(CC(=O)Nc4cccc(F)c4)[nH]n3)ncnc2c1)CCOP(=O)(OC(C)(C)C)OC(C)(C)C. The van der Waals surface area contributed by atoms with Gasteiger partial charge in [0.1, 0.15) is 47.4 Å². The molecule has 484 valence electrons. The molecule has 0 bridgehead atoms. The van der Waals surface area contributed by atoms with Gasteiger partial charge in [-0.25, -0.2) is 37.8 Å². The van der Waals surface area contributed by atoms with Crippen LogP contribution in [-0.4, -0.2) is 149 Å². The number of fused-ring (bicyclic) bond motifs is 2. The molecular weight excluding hydrogens is 1210 g/mol. The number of carbonyl (C=O) groups excluding carboxylic acids is 2. The van der Waals surface area contributed by atoms with Crippen molar-refractivity contribution in [2.75, 3.05) is 87.0 Å². The van der Waals surface area contributed by atoms with Gasteiger partial charge in [0.05, 0.1) is 61.5 Å². The van der Waals surface area contributed by atoms with Crippen molar-refractivity contribution in [3.05, 3.63) is 133 Å². The van der Waals surface area contributed by atoms with Gasteiger partial charge < -0.3 is 50.3 Å². The van der Waals surface area contributed by atoms with Gasteiger partial charge in [0.25, 0.3) is 0 Å². The Kier molecular flexibility index (Phi) is 25.3. The predicted octanol–water partition coefficient (Wildman–Crippen LogP) is 10.9. The van der Waals surface area contributed by atoms with Crippen molar-refractivity contribution in [2.24, 2.45) is 0 Å². The van der Waals surface area contributed by atoms with Crippen LogP contribution in [0.3, 0.4) is 0 Å². The number of likely N-dealkylation sites (N-methyl/N-ethyl adjacent to an activating group) is 2. The minimum Gasteiger partial charge on any atom is -0.493 e. The van der Waals surface area contributed by atoms with Crippen LogP contribution in [-0.2, 0) is 49.7 Å². The number of aromatic nitrogens is 8. The van der Waals surface area contributed by atoms with Crippen LogP contribution in [0.4, 0.5) is 43.4 Å². The molecule has 90 heavy (non-hydrogen) atoms. The lowest BCUT2D eigenvalue weighted by molar-refractivity contribution is -0.116. The molecule has 26 nitrogen and oxygen atoms in total. The molecule has 0 aliphatic carbocycles. The summed E-state index contributed by atoms with van der Waals surface area (Å²) in [5, 5.41) is 27.2. The Bertz CT molecular complexity index is 3710. The van der Waals surface area contributed by atoms with Gasteiger partial charge in [-0.15, -0.1) is 0 Å². The highest BCUT2D eigenvalue weighted by molar-refractivity contribution is 7.48. The number of carbonyl (C=O) groups is 2. The van der Waals surface area contributed by atoms with Crippen LogP contribution in [0.25, 0.3) is 21.8 Å². The van der Waals surface area contributed by atoms with Gasteiger partial charge in [0.2, 0.25) is 11.8 Å². The van der Waals surface area contributed by atoms with E-state index < -0.39 is 38.5 Å². The van der Waals surface area contributed by atoms with E-state index in [9.17, 15) is 27.5 Å². The van der Waals surface area contributed by atoms with E-state index in [1.165, 1.54) is 49.1 Å². The molecule has 0 atom stereocenters. The number of halogens is 2. The van der Waals surface area contributed by atoms with Crippen LogP contribution in [0, 0.1) is 11.6 Å². The first-order valence-corrected chi connectivity index (χ1v) is 32.1. The largest absolute Gasteiger partial charge is 0.493 e. The highest BCUT2D eigenvalue weighted by Crippen LogP contribution is 2.55. The van der Waals surface area contributed by atoms with E-state index in [1.54, 1.807) is 30.3 Å². The number of benzene rings is 4. The second-order valence-corrected chi connectivity index (χ2v) is 25.1. The zero-order chi connectivity index (χ0) is 64.9. The monoisotopic (exact) mass is 1290 g/mol. The van der Waals surface area contributed by atoms with Gasteiger partial charge in [0, 0.05) is 84.0 Å². The van der Waals surface area contributed by atoms with Crippen molar-refractivity contribution < 1.29 is 64.9 Å². The average Bonchev–Trinajstić information content (AvgIpc) is 1.29. The number of nitrogens with zero attached hydrogens (tertiary/aromatic N) is 8.